The number of nitrogens with one attached hydrogen (secondary N) is 2. The van der Waals surface area contributed by atoms with Crippen LogP contribution in [0.3, 0.4) is 0 Å². The molecule has 0 fully saturated rings. The average molecular weight is 471 g/mol. The Hall–Kier alpha value is -1.75. The largest absolute Gasteiger partial charge is 0.356 e. The van der Waals surface area contributed by atoms with Gasteiger partial charge in [0.25, 0.3) is 0 Å². The molecule has 3 heterocycles. The molecule has 0 aliphatic carbocycles. The van der Waals surface area contributed by atoms with Crippen LogP contribution in [0.25, 0.3) is 5.65 Å². The minimum atomic E-state index is 0. The van der Waals surface area contributed by atoms with Crippen LogP contribution >= 0.6 is 35.3 Å². The van der Waals surface area contributed by atoms with Gasteiger partial charge in [-0.3, -0.25) is 9.39 Å². The minimum Gasteiger partial charge on any atom is -0.356 e. The lowest BCUT2D eigenvalue weighted by Gasteiger charge is -2.10. The standard InChI is InChI=1S/C16H21N7S.HI/c1-12-20-13(11-24-12)6-8-18-16(17-2)19-9-7-15-22-21-14-5-3-4-10-23(14)15;/h3-5,10-11H,6-9H2,1-2H3,(H2,17,18,19);1H. The molecule has 3 aromatic heterocycles. The van der Waals surface area contributed by atoms with Gasteiger partial charge in [0.2, 0.25) is 0 Å². The van der Waals surface area contributed by atoms with Gasteiger partial charge in [-0.05, 0) is 19.1 Å². The minimum absolute atomic E-state index is 0. The zero-order chi connectivity index (χ0) is 16.8. The number of nitrogens with zero attached hydrogens (tertiary/aromatic N) is 5. The second-order valence-electron chi connectivity index (χ2n) is 5.33. The topological polar surface area (TPSA) is 79.5 Å². The van der Waals surface area contributed by atoms with Crippen molar-refractivity contribution in [2.45, 2.75) is 19.8 Å². The van der Waals surface area contributed by atoms with Crippen molar-refractivity contribution in [1.82, 2.24) is 30.2 Å². The van der Waals surface area contributed by atoms with Gasteiger partial charge in [-0.2, -0.15) is 0 Å². The number of rotatable bonds is 6. The fourth-order valence-corrected chi connectivity index (χ4v) is 3.05. The number of fused-ring (bicyclic) bond motifs is 1. The van der Waals surface area contributed by atoms with E-state index in [1.165, 1.54) is 0 Å². The molecule has 2 N–H and O–H groups in total. The zero-order valence-corrected chi connectivity index (χ0v) is 17.4. The highest BCUT2D eigenvalue weighted by Crippen LogP contribution is 2.07. The van der Waals surface area contributed by atoms with E-state index in [4.69, 9.17) is 0 Å². The van der Waals surface area contributed by atoms with E-state index in [0.29, 0.717) is 0 Å². The summed E-state index contributed by atoms with van der Waals surface area (Å²) in [5.41, 5.74) is 1.99. The first-order chi connectivity index (χ1) is 11.8. The van der Waals surface area contributed by atoms with Crippen LogP contribution in [0.4, 0.5) is 0 Å². The Balaban J connectivity index is 0.00000225. The summed E-state index contributed by atoms with van der Waals surface area (Å²) in [7, 11) is 1.77. The van der Waals surface area contributed by atoms with Gasteiger partial charge in [-0.25, -0.2) is 4.98 Å². The fraction of sp³-hybridized carbons (Fsp3) is 0.375. The monoisotopic (exact) mass is 471 g/mol. The third-order valence-electron chi connectivity index (χ3n) is 3.59. The number of guanidine groups is 1. The summed E-state index contributed by atoms with van der Waals surface area (Å²) in [6.07, 6.45) is 3.64. The molecule has 0 aliphatic heterocycles. The molecule has 7 nitrogen and oxygen atoms in total. The number of hydrogen-bond acceptors (Lipinski definition) is 5. The first-order valence-corrected chi connectivity index (χ1v) is 8.78. The van der Waals surface area contributed by atoms with Crippen molar-refractivity contribution in [2.24, 2.45) is 4.99 Å². The molecule has 25 heavy (non-hydrogen) atoms. The summed E-state index contributed by atoms with van der Waals surface area (Å²) in [5, 5.41) is 18.2. The third-order valence-corrected chi connectivity index (χ3v) is 4.41. The van der Waals surface area contributed by atoms with E-state index in [0.717, 1.165) is 54.1 Å². The van der Waals surface area contributed by atoms with E-state index in [-0.39, 0.29) is 24.0 Å². The molecule has 0 unspecified atom stereocenters. The molecule has 0 aliphatic rings. The van der Waals surface area contributed by atoms with Gasteiger partial charge in [0, 0.05) is 44.6 Å². The number of pyridine rings is 1. The molecule has 0 atom stereocenters. The summed E-state index contributed by atoms with van der Waals surface area (Å²) in [4.78, 5) is 8.70. The first-order valence-electron chi connectivity index (χ1n) is 7.90. The van der Waals surface area contributed by atoms with Crippen molar-refractivity contribution in [3.63, 3.8) is 0 Å². The maximum absolute atomic E-state index is 4.46. The lowest BCUT2D eigenvalue weighted by Crippen LogP contribution is -2.39. The SMILES string of the molecule is CN=C(NCCc1csc(C)n1)NCCc1nnc2ccccn12.I. The van der Waals surface area contributed by atoms with Gasteiger partial charge < -0.3 is 10.6 Å². The van der Waals surface area contributed by atoms with Crippen LogP contribution in [0.2, 0.25) is 0 Å². The quantitative estimate of drug-likeness (QED) is 0.327. The van der Waals surface area contributed by atoms with Crippen LogP contribution in [0.1, 0.15) is 16.5 Å². The Bertz CT molecular complexity index is 827. The van der Waals surface area contributed by atoms with E-state index in [1.54, 1.807) is 18.4 Å². The van der Waals surface area contributed by atoms with Gasteiger partial charge in [-0.15, -0.1) is 45.5 Å². The second-order valence-corrected chi connectivity index (χ2v) is 6.39. The molecule has 0 amide bonds. The third kappa shape index (κ3) is 5.36. The van der Waals surface area contributed by atoms with E-state index in [2.05, 4.69) is 36.2 Å². The summed E-state index contributed by atoms with van der Waals surface area (Å²) in [6, 6.07) is 5.89. The van der Waals surface area contributed by atoms with Gasteiger partial charge >= 0.3 is 0 Å². The maximum Gasteiger partial charge on any atom is 0.191 e. The number of aliphatic imine (C=N–C) groups is 1. The van der Waals surface area contributed by atoms with Gasteiger partial charge in [0.15, 0.2) is 11.6 Å². The van der Waals surface area contributed by atoms with E-state index < -0.39 is 0 Å². The number of thiazole rings is 1. The predicted octanol–water partition coefficient (Wildman–Crippen LogP) is 2.06. The Morgan fingerprint density at radius 1 is 1.20 bits per heavy atom. The lowest BCUT2D eigenvalue weighted by atomic mass is 10.3. The highest BCUT2D eigenvalue weighted by molar-refractivity contribution is 14.0. The second kappa shape index (κ2) is 9.66. The highest BCUT2D eigenvalue weighted by Gasteiger charge is 2.05. The van der Waals surface area contributed by atoms with Crippen molar-refractivity contribution in [2.75, 3.05) is 20.1 Å². The molecule has 0 saturated heterocycles. The Morgan fingerprint density at radius 2 is 2.00 bits per heavy atom. The molecule has 3 rings (SSSR count). The van der Waals surface area contributed by atoms with Crippen molar-refractivity contribution in [3.8, 4) is 0 Å². The summed E-state index contributed by atoms with van der Waals surface area (Å²) in [6.45, 7) is 3.57. The molecular formula is C16H22IN7S. The molecule has 0 spiro atoms. The van der Waals surface area contributed by atoms with Crippen molar-refractivity contribution < 1.29 is 0 Å². The smallest absolute Gasteiger partial charge is 0.191 e. The molecule has 0 aromatic carbocycles. The van der Waals surface area contributed by atoms with E-state index in [1.807, 2.05) is 35.7 Å². The van der Waals surface area contributed by atoms with Gasteiger partial charge in [0.1, 0.15) is 5.82 Å². The molecule has 9 heteroatoms. The Labute approximate surface area is 168 Å². The number of halogens is 1. The molecule has 134 valence electrons. The van der Waals surface area contributed by atoms with Crippen molar-refractivity contribution >= 4 is 46.9 Å². The Kier molecular flexibility index (Phi) is 7.56. The highest BCUT2D eigenvalue weighted by atomic mass is 127. The van der Waals surface area contributed by atoms with Crippen molar-refractivity contribution in [1.29, 1.82) is 0 Å². The van der Waals surface area contributed by atoms with Crippen LogP contribution in [0.5, 0.6) is 0 Å². The fourth-order valence-electron chi connectivity index (χ4n) is 2.41. The maximum atomic E-state index is 4.46. The number of aryl methyl sites for hydroxylation is 1. The predicted molar refractivity (Wildman–Crippen MR) is 112 cm³/mol. The molecular weight excluding hydrogens is 449 g/mol. The molecule has 3 aromatic rings. The molecule has 0 saturated carbocycles. The Morgan fingerprint density at radius 3 is 2.72 bits per heavy atom. The van der Waals surface area contributed by atoms with Crippen LogP contribution in [0.15, 0.2) is 34.8 Å². The van der Waals surface area contributed by atoms with E-state index in [9.17, 15) is 0 Å². The zero-order valence-electron chi connectivity index (χ0n) is 14.3. The first kappa shape index (κ1) is 19.6. The number of aromatic nitrogens is 4. The normalized spacial score (nSPS) is 11.4. The van der Waals surface area contributed by atoms with Gasteiger partial charge in [0.05, 0.1) is 10.7 Å². The van der Waals surface area contributed by atoms with Crippen LogP contribution in [0, 0.1) is 6.92 Å². The lowest BCUT2D eigenvalue weighted by molar-refractivity contribution is 0.753. The molecule has 0 bridgehead atoms. The van der Waals surface area contributed by atoms with Crippen molar-refractivity contribution in [3.05, 3.63) is 46.3 Å². The average Bonchev–Trinajstić information content (AvgIpc) is 3.20. The van der Waals surface area contributed by atoms with Crippen LogP contribution in [-0.4, -0.2) is 45.7 Å². The molecule has 0 radical (unpaired) electrons. The number of hydrogen-bond donors (Lipinski definition) is 2. The van der Waals surface area contributed by atoms with Crippen LogP contribution < -0.4 is 10.6 Å². The summed E-state index contributed by atoms with van der Waals surface area (Å²) in [5.74, 6) is 1.72. The van der Waals surface area contributed by atoms with Crippen LogP contribution in [-0.2, 0) is 12.8 Å². The van der Waals surface area contributed by atoms with Gasteiger partial charge in [-0.1, -0.05) is 6.07 Å². The summed E-state index contributed by atoms with van der Waals surface area (Å²) >= 11 is 1.68. The summed E-state index contributed by atoms with van der Waals surface area (Å²) < 4.78 is 2.00. The van der Waals surface area contributed by atoms with E-state index >= 15 is 0 Å².